The maximum Gasteiger partial charge on any atom is 0.494 e. The van der Waals surface area contributed by atoms with Gasteiger partial charge in [-0.15, -0.1) is 4.52 Å². The van der Waals surface area contributed by atoms with Gasteiger partial charge < -0.3 is 14.8 Å². The molecule has 0 heterocycles. The first-order valence-corrected chi connectivity index (χ1v) is 11.6. The summed E-state index contributed by atoms with van der Waals surface area (Å²) in [6, 6.07) is -0.492. The molecule has 1 amide bonds. The molecule has 8 heteroatoms. The Morgan fingerprint density at radius 3 is 2.07 bits per heavy atom. The summed E-state index contributed by atoms with van der Waals surface area (Å²) in [4.78, 5) is 24.9. The van der Waals surface area contributed by atoms with Gasteiger partial charge in [0, 0.05) is 0 Å². The van der Waals surface area contributed by atoms with Gasteiger partial charge in [0.05, 0.1) is 19.1 Å². The summed E-state index contributed by atoms with van der Waals surface area (Å²) in [7, 11) is 0.304. The van der Waals surface area contributed by atoms with Crippen molar-refractivity contribution in [2.45, 2.75) is 110 Å². The number of hydrogen-bond donors (Lipinski definition) is 1. The van der Waals surface area contributed by atoms with Gasteiger partial charge in [-0.1, -0.05) is 58.8 Å². The molecule has 170 valence electrons. The monoisotopic (exact) mass is 434 g/mol. The minimum absolute atomic E-state index is 0.406. The van der Waals surface area contributed by atoms with Crippen LogP contribution in [0, 0.1) is 5.92 Å². The van der Waals surface area contributed by atoms with Gasteiger partial charge in [0.25, 0.3) is 0 Å². The van der Waals surface area contributed by atoms with Gasteiger partial charge >= 0.3 is 20.7 Å². The number of hydrogen-bond acceptors (Lipinski definition) is 6. The second-order valence-corrected chi connectivity index (χ2v) is 8.80. The summed E-state index contributed by atoms with van der Waals surface area (Å²) in [6.07, 6.45) is 6.71. The van der Waals surface area contributed by atoms with Crippen molar-refractivity contribution in [1.82, 2.24) is 5.32 Å². The number of amides is 1. The largest absolute Gasteiger partial charge is 0.494 e. The fourth-order valence-corrected chi connectivity index (χ4v) is 3.69. The van der Waals surface area contributed by atoms with Crippen LogP contribution in [0.5, 0.6) is 0 Å². The van der Waals surface area contributed by atoms with E-state index in [1.165, 1.54) is 7.11 Å². The topological polar surface area (TPSA) is 90.9 Å². The van der Waals surface area contributed by atoms with Crippen molar-refractivity contribution in [3.8, 4) is 0 Å². The van der Waals surface area contributed by atoms with Gasteiger partial charge in [-0.3, -0.25) is 4.79 Å². The summed E-state index contributed by atoms with van der Waals surface area (Å²) in [5.74, 6) is -1.00. The molecule has 0 radical (unpaired) electrons. The van der Waals surface area contributed by atoms with Crippen molar-refractivity contribution in [2.24, 2.45) is 5.92 Å². The Morgan fingerprint density at radius 1 is 0.966 bits per heavy atom. The third-order valence-electron chi connectivity index (χ3n) is 4.67. The highest BCUT2D eigenvalue weighted by atomic mass is 31.1. The van der Waals surface area contributed by atoms with Crippen LogP contribution >= 0.6 is 8.69 Å². The lowest BCUT2D eigenvalue weighted by atomic mass is 9.88. The molecule has 0 aromatic rings. The van der Waals surface area contributed by atoms with E-state index in [0.717, 1.165) is 44.9 Å². The predicted molar refractivity (Wildman–Crippen MR) is 115 cm³/mol. The predicted octanol–water partition coefficient (Wildman–Crippen LogP) is 5.54. The second-order valence-electron chi connectivity index (χ2n) is 8.39. The average Bonchev–Trinajstić information content (AvgIpc) is 2.64. The molecule has 0 fully saturated rings. The zero-order chi connectivity index (χ0) is 22.3. The number of alkyl carbamates (subject to hydrolysis) is 1. The molecule has 0 aromatic heterocycles. The third kappa shape index (κ3) is 12.9. The first-order valence-electron chi connectivity index (χ1n) is 10.8. The molecule has 1 N–H and O–H groups in total. The fraction of sp³-hybridized carbons (Fsp3) is 0.905. The van der Waals surface area contributed by atoms with Crippen LogP contribution in [0.4, 0.5) is 4.79 Å². The van der Waals surface area contributed by atoms with E-state index in [-0.39, 0.29) is 0 Å². The molecule has 0 bridgehead atoms. The molecule has 7 nitrogen and oxygen atoms in total. The highest BCUT2D eigenvalue weighted by molar-refractivity contribution is 7.17. The van der Waals surface area contributed by atoms with Crippen LogP contribution in [0.3, 0.4) is 0 Å². The zero-order valence-corrected chi connectivity index (χ0v) is 20.0. The van der Waals surface area contributed by atoms with Crippen LogP contribution in [-0.4, -0.2) is 36.9 Å². The molecule has 0 saturated heterocycles. The number of unbranched alkanes of at least 4 members (excludes halogenated alkanes) is 5. The van der Waals surface area contributed by atoms with E-state index in [1.807, 2.05) is 0 Å². The van der Waals surface area contributed by atoms with Gasteiger partial charge in [0.2, 0.25) is 0 Å². The number of methoxy groups -OCH3 is 1. The molecule has 0 aromatic carbocycles. The minimum atomic E-state index is -1.03. The zero-order valence-electron chi connectivity index (χ0n) is 19.0. The molecule has 0 aliphatic rings. The van der Waals surface area contributed by atoms with Crippen molar-refractivity contribution in [3.63, 3.8) is 0 Å². The van der Waals surface area contributed by atoms with E-state index in [2.05, 4.69) is 19.2 Å². The molecule has 0 rings (SSSR count). The highest BCUT2D eigenvalue weighted by Crippen LogP contribution is 2.27. The fourth-order valence-electron chi connectivity index (χ4n) is 3.25. The van der Waals surface area contributed by atoms with E-state index in [4.69, 9.17) is 14.0 Å². The summed E-state index contributed by atoms with van der Waals surface area (Å²) < 4.78 is 27.3. The number of ether oxygens (including phenoxy) is 2. The third-order valence-corrected chi connectivity index (χ3v) is 5.04. The van der Waals surface area contributed by atoms with Gasteiger partial charge in [-0.2, -0.15) is 0 Å². The van der Waals surface area contributed by atoms with E-state index < -0.39 is 44.4 Å². The lowest BCUT2D eigenvalue weighted by Gasteiger charge is -2.30. The first-order chi connectivity index (χ1) is 13.7. The smallest absolute Gasteiger partial charge is 0.469 e. The van der Waals surface area contributed by atoms with Crippen molar-refractivity contribution >= 4 is 20.7 Å². The first kappa shape index (κ1) is 27.8. The van der Waals surface area contributed by atoms with Crippen molar-refractivity contribution in [1.29, 1.82) is 0 Å². The van der Waals surface area contributed by atoms with Gasteiger partial charge in [-0.05, 0) is 38.2 Å². The molecule has 0 saturated carbocycles. The minimum Gasteiger partial charge on any atom is -0.469 e. The number of esters is 1. The highest BCUT2D eigenvalue weighted by Gasteiger charge is 2.39. The van der Waals surface area contributed by atoms with Crippen molar-refractivity contribution in [2.75, 3.05) is 7.11 Å². The summed E-state index contributed by atoms with van der Waals surface area (Å²) in [6.45, 7) is 9.58. The molecule has 4 unspecified atom stereocenters. The van der Waals surface area contributed by atoms with Crippen LogP contribution in [0.25, 0.3) is 0 Å². The lowest BCUT2D eigenvalue weighted by Crippen LogP contribution is -2.50. The molecular formula is C21H41NO6P+. The van der Waals surface area contributed by atoms with E-state index in [0.29, 0.717) is 12.8 Å². The van der Waals surface area contributed by atoms with Gasteiger partial charge in [-0.25, -0.2) is 4.79 Å². The number of nitrogens with one attached hydrogen (secondary N) is 1. The summed E-state index contributed by atoms with van der Waals surface area (Å²) in [5.41, 5.74) is -0.642. The second kappa shape index (κ2) is 15.6. The number of carbonyl (C=O) groups excluding carboxylic acids is 2. The van der Waals surface area contributed by atoms with Crippen LogP contribution in [0.1, 0.15) is 92.4 Å². The van der Waals surface area contributed by atoms with Crippen molar-refractivity contribution < 1.29 is 28.2 Å². The van der Waals surface area contributed by atoms with Crippen LogP contribution in [0.15, 0.2) is 0 Å². The van der Waals surface area contributed by atoms with Crippen LogP contribution in [0.2, 0.25) is 0 Å². The maximum atomic E-state index is 12.5. The molecule has 0 aliphatic heterocycles. The van der Waals surface area contributed by atoms with Crippen LogP contribution in [-0.2, 0) is 23.4 Å². The van der Waals surface area contributed by atoms with E-state index in [9.17, 15) is 14.2 Å². The Bertz CT molecular complexity index is 480. The van der Waals surface area contributed by atoms with E-state index in [1.54, 1.807) is 20.8 Å². The molecule has 0 aliphatic carbocycles. The Labute approximate surface area is 177 Å². The quantitative estimate of drug-likeness (QED) is 0.207. The molecular weight excluding hydrogens is 393 g/mol. The Hall–Kier alpha value is -1.20. The summed E-state index contributed by atoms with van der Waals surface area (Å²) in [5, 5.41) is 2.85. The van der Waals surface area contributed by atoms with Crippen molar-refractivity contribution in [3.05, 3.63) is 0 Å². The molecule has 0 spiro atoms. The van der Waals surface area contributed by atoms with Crippen LogP contribution < -0.4 is 5.32 Å². The Kier molecular flexibility index (Phi) is 15.0. The number of rotatable bonds is 15. The Morgan fingerprint density at radius 2 is 1.55 bits per heavy atom. The number of carbonyl (C=O) groups is 2. The Balaban J connectivity index is 5.50. The summed E-state index contributed by atoms with van der Waals surface area (Å²) >= 11 is 0. The van der Waals surface area contributed by atoms with Gasteiger partial charge in [0.15, 0.2) is 0 Å². The maximum absolute atomic E-state index is 12.5. The lowest BCUT2D eigenvalue weighted by molar-refractivity contribution is -0.149. The molecule has 4 atom stereocenters. The average molecular weight is 435 g/mol. The SMILES string of the molecule is CCCCCCC(C(=O)OC)C(O[PH+]=O)C(CCCCC)NC(=O)OC(C)(C)C. The van der Waals surface area contributed by atoms with E-state index >= 15 is 0 Å². The standard InChI is InChI=1S/C21H40NO6P/c1-7-9-11-13-14-16(19(23)26-6)18(28-29-25)17(15-12-10-8-2)22-20(24)27-21(3,4)5/h16-18,29H,7-15H2,1-6H3/p+1. The van der Waals surface area contributed by atoms with Gasteiger partial charge in [0.1, 0.15) is 11.7 Å². The molecule has 29 heavy (non-hydrogen) atoms. The normalized spacial score (nSPS) is 14.8.